The minimum atomic E-state index is -2.02. The Morgan fingerprint density at radius 1 is 0.833 bits per heavy atom. The van der Waals surface area contributed by atoms with E-state index in [1.807, 2.05) is 92.9 Å². The number of methoxy groups -OCH3 is 2. The van der Waals surface area contributed by atoms with E-state index in [1.54, 1.807) is 36.9 Å². The number of carbonyl (C=O) groups excluding carboxylic acids is 8. The first-order chi connectivity index (χ1) is 42.3. The van der Waals surface area contributed by atoms with Gasteiger partial charge in [-0.2, -0.15) is 0 Å². The van der Waals surface area contributed by atoms with Crippen LogP contribution >= 0.6 is 0 Å². The summed E-state index contributed by atoms with van der Waals surface area (Å²) in [5.74, 6) is -8.06. The van der Waals surface area contributed by atoms with Gasteiger partial charge in [-0.05, 0) is 54.4 Å². The molecule has 16 atom stereocenters. The van der Waals surface area contributed by atoms with Crippen molar-refractivity contribution in [1.29, 1.82) is 0 Å². The molecule has 2 aromatic carbocycles. The van der Waals surface area contributed by atoms with Crippen LogP contribution in [0.2, 0.25) is 0 Å². The van der Waals surface area contributed by atoms with Crippen LogP contribution in [0.5, 0.6) is 5.75 Å². The predicted molar refractivity (Wildman–Crippen MR) is 330 cm³/mol. The van der Waals surface area contributed by atoms with Crippen molar-refractivity contribution in [3.05, 3.63) is 71.8 Å². The number of carbonyl (C=O) groups is 9. The monoisotopic (exact) mass is 1260 g/mol. The molecule has 6 amide bonds. The number of nitrogens with zero attached hydrogens (tertiary/aromatic N) is 4. The maximum Gasteiger partial charge on any atom is 0.335 e. The molecule has 0 unspecified atom stereocenters. The van der Waals surface area contributed by atoms with Gasteiger partial charge in [0.2, 0.25) is 29.9 Å². The lowest BCUT2D eigenvalue weighted by Crippen LogP contribution is -2.61. The number of carboxylic acids is 1. The molecule has 0 radical (unpaired) electrons. The van der Waals surface area contributed by atoms with Crippen LogP contribution in [0.25, 0.3) is 0 Å². The van der Waals surface area contributed by atoms with E-state index in [9.17, 15) is 59.1 Å². The van der Waals surface area contributed by atoms with Gasteiger partial charge in [0.25, 0.3) is 11.8 Å². The highest BCUT2D eigenvalue weighted by Gasteiger charge is 2.49. The van der Waals surface area contributed by atoms with Crippen LogP contribution in [-0.4, -0.2) is 220 Å². The summed E-state index contributed by atoms with van der Waals surface area (Å²) < 4.78 is 23.5. The lowest BCUT2D eigenvalue weighted by atomic mass is 9.83. The number of ketones is 2. The van der Waals surface area contributed by atoms with Gasteiger partial charge < -0.3 is 75.1 Å². The van der Waals surface area contributed by atoms with Crippen molar-refractivity contribution in [2.24, 2.45) is 41.2 Å². The van der Waals surface area contributed by atoms with E-state index >= 15 is 9.59 Å². The van der Waals surface area contributed by atoms with Crippen LogP contribution in [-0.2, 0) is 63.9 Å². The third kappa shape index (κ3) is 18.1. The molecule has 3 heterocycles. The summed E-state index contributed by atoms with van der Waals surface area (Å²) in [6.45, 7) is 15.1. The van der Waals surface area contributed by atoms with Crippen LogP contribution < -0.4 is 21.1 Å². The zero-order valence-corrected chi connectivity index (χ0v) is 54.4. The topological polar surface area (TPSA) is 351 Å². The Morgan fingerprint density at radius 3 is 2.04 bits per heavy atom. The highest BCUT2D eigenvalue weighted by atomic mass is 16.7. The smallest absolute Gasteiger partial charge is 0.335 e. The molecule has 0 aliphatic carbocycles. The zero-order valence-electron chi connectivity index (χ0n) is 54.4. The first-order valence-electron chi connectivity index (χ1n) is 31.1. The number of nitrogens with one attached hydrogen (secondary N) is 2. The molecule has 2 aromatic rings. The van der Waals surface area contributed by atoms with Gasteiger partial charge in [-0.1, -0.05) is 92.1 Å². The second-order valence-corrected chi connectivity index (χ2v) is 25.6. The molecule has 2 fully saturated rings. The lowest BCUT2D eigenvalue weighted by molar-refractivity contribution is -0.922. The van der Waals surface area contributed by atoms with Gasteiger partial charge in [-0.15, -0.1) is 0 Å². The van der Waals surface area contributed by atoms with Gasteiger partial charge in [-0.3, -0.25) is 43.3 Å². The number of hydrogen-bond donors (Lipinski definition) is 8. The molecule has 9 N–H and O–H groups in total. The Kier molecular flexibility index (Phi) is 27.3. The highest BCUT2D eigenvalue weighted by Crippen LogP contribution is 2.36. The van der Waals surface area contributed by atoms with E-state index < -0.39 is 121 Å². The molecule has 0 saturated carbocycles. The van der Waals surface area contributed by atoms with Gasteiger partial charge in [0.1, 0.15) is 42.4 Å². The molecule has 25 nitrogen and oxygen atoms in total. The zero-order chi connectivity index (χ0) is 67.2. The molecule has 0 aromatic heterocycles. The van der Waals surface area contributed by atoms with Crippen LogP contribution in [0.1, 0.15) is 118 Å². The fraction of sp³-hybridized carbons (Fsp3) is 0.646. The fourth-order valence-corrected chi connectivity index (χ4v) is 13.1. The second-order valence-electron chi connectivity index (χ2n) is 25.6. The average molecular weight is 1270 g/mol. The molecule has 0 bridgehead atoms. The Bertz CT molecular complexity index is 2840. The summed E-state index contributed by atoms with van der Waals surface area (Å²) in [4.78, 5) is 126. The number of likely N-dealkylation sites (N-methyl/N-ethyl adjacent to an activating group) is 2. The summed E-state index contributed by atoms with van der Waals surface area (Å²) in [5, 5.41) is 57.7. The summed E-state index contributed by atoms with van der Waals surface area (Å²) >= 11 is 0. The van der Waals surface area contributed by atoms with E-state index in [0.717, 1.165) is 17.7 Å². The number of aliphatic hydroxyl groups is 4. The molecule has 3 aliphatic rings. The Labute approximate surface area is 528 Å². The molecular formula is C65H98N7O18+. The average Bonchev–Trinajstić information content (AvgIpc) is 1.04. The van der Waals surface area contributed by atoms with E-state index in [1.165, 1.54) is 19.2 Å². The number of amides is 6. The molecule has 25 heteroatoms. The van der Waals surface area contributed by atoms with Crippen molar-refractivity contribution in [2.45, 2.75) is 180 Å². The predicted octanol–water partition coefficient (Wildman–Crippen LogP) is 2.74. The molecule has 3 aliphatic heterocycles. The molecule has 2 saturated heterocycles. The number of nitrogens with two attached hydrogens (primary N) is 1. The van der Waals surface area contributed by atoms with Crippen molar-refractivity contribution < 1.29 is 92.1 Å². The van der Waals surface area contributed by atoms with E-state index in [-0.39, 0.29) is 102 Å². The number of quaternary nitrogens is 1. The first-order valence-corrected chi connectivity index (χ1v) is 31.1. The maximum atomic E-state index is 15.1. The number of aliphatic hydroxyl groups excluding tert-OH is 4. The van der Waals surface area contributed by atoms with E-state index in [2.05, 4.69) is 10.6 Å². The molecular weight excluding hydrogens is 1170 g/mol. The van der Waals surface area contributed by atoms with Crippen molar-refractivity contribution in [3.63, 3.8) is 0 Å². The van der Waals surface area contributed by atoms with Gasteiger partial charge in [0.15, 0.2) is 17.9 Å². The normalized spacial score (nSPS) is 22.9. The Balaban J connectivity index is 1.34. The molecule has 0 spiro atoms. The van der Waals surface area contributed by atoms with Crippen molar-refractivity contribution in [2.75, 3.05) is 60.3 Å². The number of Topliss-reactive ketones (excluding diaryl/α,β-unsaturated/α-hetero) is 2. The van der Waals surface area contributed by atoms with Crippen LogP contribution in [0, 0.1) is 35.5 Å². The van der Waals surface area contributed by atoms with E-state index in [0.29, 0.717) is 36.3 Å². The number of imide groups is 1. The number of aliphatic carboxylic acids is 1. The fourth-order valence-electron chi connectivity index (χ4n) is 13.1. The summed E-state index contributed by atoms with van der Waals surface area (Å²) in [7, 11) is 8.44. The van der Waals surface area contributed by atoms with Gasteiger partial charge in [-0.25, -0.2) is 4.79 Å². The summed E-state index contributed by atoms with van der Waals surface area (Å²) in [5.41, 5.74) is 6.97. The number of carboxylic acid groups (broad SMARTS) is 1. The Hall–Kier alpha value is -6.55. The quantitative estimate of drug-likeness (QED) is 0.0369. The number of rotatable bonds is 34. The van der Waals surface area contributed by atoms with E-state index in [4.69, 9.17) is 24.7 Å². The lowest BCUT2D eigenvalue weighted by Gasteiger charge is -2.42. The van der Waals surface area contributed by atoms with Gasteiger partial charge >= 0.3 is 5.97 Å². The highest BCUT2D eigenvalue weighted by molar-refractivity contribution is 6.15. The molecule has 500 valence electrons. The number of benzene rings is 2. The van der Waals surface area contributed by atoms with Gasteiger partial charge in [0.05, 0.1) is 56.6 Å². The maximum absolute atomic E-state index is 15.1. The van der Waals surface area contributed by atoms with Gasteiger partial charge in [0, 0.05) is 95.6 Å². The number of hydrogen-bond acceptors (Lipinski definition) is 18. The first kappa shape index (κ1) is 74.2. The van der Waals surface area contributed by atoms with Crippen LogP contribution in [0.15, 0.2) is 60.7 Å². The second kappa shape index (κ2) is 33.2. The molecule has 5 rings (SSSR count). The third-order valence-electron chi connectivity index (χ3n) is 18.1. The minimum Gasteiger partial charge on any atom is -0.479 e. The summed E-state index contributed by atoms with van der Waals surface area (Å²) in [6.07, 6.45) is -8.60. The third-order valence-corrected chi connectivity index (χ3v) is 18.1. The van der Waals surface area contributed by atoms with Crippen molar-refractivity contribution >= 4 is 58.7 Å². The summed E-state index contributed by atoms with van der Waals surface area (Å²) in [6, 6.07) is 10.7. The number of anilines is 1. The number of likely N-dealkylation sites (tertiary alicyclic amines) is 1. The van der Waals surface area contributed by atoms with Crippen molar-refractivity contribution in [1.82, 2.24) is 20.0 Å². The minimum absolute atomic E-state index is 0.0356. The Morgan fingerprint density at radius 2 is 1.48 bits per heavy atom. The standard InChI is InChI=1S/C65H97N7O18/c1-14-37(6)54(49(87-12)32-53(78)70-28-18-21-44(70)60(88-13)39(8)46(73)29-38(7)56(79)41-19-16-15-17-20-41)69(9)63(84)42(35(2)3)31-47(74)55(36(4)5)72(10,11)34-40-22-23-48(89-65-59(82)57(80)58(81)61(90-65)64(85)86)43(30-40)68-50(75)26-27-67-62(83)45(33-66)71-51(76)24-25-52(71)77/h15-17,19-20,22-25,30,35-39,42,44-45,49,54-61,65,79-82H,14,18,21,26-29,31-34,66H2,1-13H3,(H2-,67,68,75,83,85,86)/p+1/t37-,38-,39-,42-,44-,45-,49+,54-,55-,56+,57-,58-,59+,60+,61-,65+/m0/s1. The molecule has 90 heavy (non-hydrogen) atoms. The van der Waals surface area contributed by atoms with Crippen molar-refractivity contribution in [3.8, 4) is 5.75 Å². The number of ether oxygens (including phenoxy) is 4. The van der Waals surface area contributed by atoms with Crippen LogP contribution in [0.4, 0.5) is 5.69 Å². The van der Waals surface area contributed by atoms with Crippen LogP contribution in [0.3, 0.4) is 0 Å². The largest absolute Gasteiger partial charge is 0.479 e. The SMILES string of the molecule is CC[C@H](C)[C@@H]([C@@H](CC(=O)N1CCC[C@H]1[C@H](OC)[C@@H](C)C(=O)C[C@H](C)[C@@H](O)c1ccccc1)OC)N(C)C(=O)[C@@H](CC(=O)[C@H](C(C)C)[N+](C)(C)Cc1ccc(O[C@@H]2O[C@H](C(=O)O)[C@@H](O)[C@H](O)[C@H]2O)c(NC(=O)CCNC(=O)[C@H](CN)N2C(=O)C=CC2=O)c1)C(C)C.